The molecule has 0 radical (unpaired) electrons. The zero-order chi connectivity index (χ0) is 27.8. The number of hydrogen-bond donors (Lipinski definition) is 3. The molecule has 0 fully saturated rings. The quantitative estimate of drug-likeness (QED) is 0.155. The van der Waals surface area contributed by atoms with Gasteiger partial charge in [-0.25, -0.2) is 0 Å². The average molecular weight is 557 g/mol. The van der Waals surface area contributed by atoms with Crippen molar-refractivity contribution in [2.75, 3.05) is 26.2 Å². The van der Waals surface area contributed by atoms with Crippen LogP contribution < -0.4 is 16.0 Å². The first-order valence-electron chi connectivity index (χ1n) is 14.1. The third kappa shape index (κ3) is 11.2. The summed E-state index contributed by atoms with van der Waals surface area (Å²) in [5, 5.41) is 11.6. The van der Waals surface area contributed by atoms with Crippen LogP contribution in [0.15, 0.2) is 97.3 Å². The summed E-state index contributed by atoms with van der Waals surface area (Å²) >= 11 is 6.08. The second-order valence-electron chi connectivity index (χ2n) is 10.2. The van der Waals surface area contributed by atoms with Gasteiger partial charge in [-0.3, -0.25) is 14.9 Å². The van der Waals surface area contributed by atoms with E-state index in [9.17, 15) is 0 Å². The Morgan fingerprint density at radius 3 is 2.12 bits per heavy atom. The lowest BCUT2D eigenvalue weighted by Gasteiger charge is -2.26. The molecule has 0 aliphatic heterocycles. The van der Waals surface area contributed by atoms with Crippen LogP contribution in [-0.4, -0.2) is 47.1 Å². The summed E-state index contributed by atoms with van der Waals surface area (Å²) < 4.78 is 0. The number of nitrogens with one attached hydrogen (secondary N) is 3. The molecule has 0 spiro atoms. The third-order valence-corrected chi connectivity index (χ3v) is 7.00. The van der Waals surface area contributed by atoms with Crippen molar-refractivity contribution in [1.29, 1.82) is 0 Å². The number of aromatic nitrogens is 2. The highest BCUT2D eigenvalue weighted by Gasteiger charge is 2.12. The van der Waals surface area contributed by atoms with Crippen LogP contribution in [0.25, 0.3) is 0 Å². The van der Waals surface area contributed by atoms with Crippen LogP contribution in [0.4, 0.5) is 0 Å². The Morgan fingerprint density at radius 1 is 0.725 bits per heavy atom. The number of rotatable bonds is 17. The van der Waals surface area contributed by atoms with Gasteiger partial charge in [0.1, 0.15) is 0 Å². The summed E-state index contributed by atoms with van der Waals surface area (Å²) in [5.74, 6) is 0. The second kappa shape index (κ2) is 16.9. The highest BCUT2D eigenvalue weighted by atomic mass is 35.5. The molecule has 0 saturated heterocycles. The van der Waals surface area contributed by atoms with Crippen LogP contribution in [0.2, 0.25) is 5.02 Å². The van der Waals surface area contributed by atoms with E-state index in [2.05, 4.69) is 86.3 Å². The van der Waals surface area contributed by atoms with Gasteiger partial charge in [0.05, 0.1) is 11.4 Å². The summed E-state index contributed by atoms with van der Waals surface area (Å²) in [5.41, 5.74) is 6.00. The molecule has 40 heavy (non-hydrogen) atoms. The molecule has 0 aliphatic rings. The smallest absolute Gasteiger partial charge is 0.0543 e. The standard InChI is InChI=1S/C33H41ClN6/c1-27(25-40(26-33-10-3-5-17-38-33)20-19-36-24-32-9-2-4-16-37-32)39-23-30-13-11-29(12-14-30)22-35-18-15-28-7-6-8-31(34)21-28/h2-14,16-17,21,27,35-36,39H,15,18-20,22-26H2,1H3. The molecule has 0 saturated carbocycles. The molecule has 6 nitrogen and oxygen atoms in total. The molecule has 2 aromatic carbocycles. The zero-order valence-corrected chi connectivity index (χ0v) is 24.2. The predicted molar refractivity (Wildman–Crippen MR) is 165 cm³/mol. The Morgan fingerprint density at radius 2 is 1.43 bits per heavy atom. The minimum absolute atomic E-state index is 0.340. The van der Waals surface area contributed by atoms with Gasteiger partial charge in [0, 0.05) is 69.3 Å². The predicted octanol–water partition coefficient (Wildman–Crippen LogP) is 5.23. The molecule has 210 valence electrons. The largest absolute Gasteiger partial charge is 0.312 e. The highest BCUT2D eigenvalue weighted by molar-refractivity contribution is 6.30. The van der Waals surface area contributed by atoms with Crippen molar-refractivity contribution in [2.24, 2.45) is 0 Å². The molecule has 0 aliphatic carbocycles. The zero-order valence-electron chi connectivity index (χ0n) is 23.4. The molecule has 4 rings (SSSR count). The Hall–Kier alpha value is -3.13. The normalized spacial score (nSPS) is 12.1. The summed E-state index contributed by atoms with van der Waals surface area (Å²) in [7, 11) is 0. The molecule has 1 atom stereocenters. The summed E-state index contributed by atoms with van der Waals surface area (Å²) in [6.07, 6.45) is 4.68. The molecule has 1 unspecified atom stereocenters. The lowest BCUT2D eigenvalue weighted by Crippen LogP contribution is -2.41. The van der Waals surface area contributed by atoms with Gasteiger partial charge in [-0.05, 0) is 73.0 Å². The summed E-state index contributed by atoms with van der Waals surface area (Å²) in [6, 6.07) is 29.4. The third-order valence-electron chi connectivity index (χ3n) is 6.77. The second-order valence-corrected chi connectivity index (χ2v) is 10.6. The van der Waals surface area contributed by atoms with E-state index in [-0.39, 0.29) is 0 Å². The van der Waals surface area contributed by atoms with Crippen molar-refractivity contribution in [1.82, 2.24) is 30.8 Å². The fourth-order valence-corrected chi connectivity index (χ4v) is 4.80. The van der Waals surface area contributed by atoms with Crippen molar-refractivity contribution in [2.45, 2.75) is 45.6 Å². The molecular weight excluding hydrogens is 516 g/mol. The molecule has 0 amide bonds. The van der Waals surface area contributed by atoms with Crippen LogP contribution in [0.3, 0.4) is 0 Å². The van der Waals surface area contributed by atoms with E-state index in [0.29, 0.717) is 6.04 Å². The SMILES string of the molecule is CC(CN(CCNCc1ccccn1)Cc1ccccn1)NCc1ccc(CNCCc2cccc(Cl)c2)cc1. The number of pyridine rings is 2. The van der Waals surface area contributed by atoms with Gasteiger partial charge in [0.25, 0.3) is 0 Å². The van der Waals surface area contributed by atoms with Crippen molar-refractivity contribution >= 4 is 11.6 Å². The lowest BCUT2D eigenvalue weighted by atomic mass is 10.1. The first kappa shape index (κ1) is 29.8. The van der Waals surface area contributed by atoms with E-state index < -0.39 is 0 Å². The Balaban J connectivity index is 1.18. The summed E-state index contributed by atoms with van der Waals surface area (Å²) in [6.45, 7) is 9.27. The molecular formula is C33H41ClN6. The maximum absolute atomic E-state index is 6.08. The first-order valence-corrected chi connectivity index (χ1v) is 14.5. The van der Waals surface area contributed by atoms with Gasteiger partial charge in [0.15, 0.2) is 0 Å². The highest BCUT2D eigenvalue weighted by Crippen LogP contribution is 2.11. The Kier molecular flexibility index (Phi) is 12.6. The van der Waals surface area contributed by atoms with Gasteiger partial charge in [0.2, 0.25) is 0 Å². The number of hydrogen-bond acceptors (Lipinski definition) is 6. The maximum atomic E-state index is 6.08. The van der Waals surface area contributed by atoms with Crippen molar-refractivity contribution in [3.63, 3.8) is 0 Å². The molecule has 2 aromatic heterocycles. The topological polar surface area (TPSA) is 65.1 Å². The van der Waals surface area contributed by atoms with E-state index in [4.69, 9.17) is 11.6 Å². The summed E-state index contributed by atoms with van der Waals surface area (Å²) in [4.78, 5) is 11.4. The fourth-order valence-electron chi connectivity index (χ4n) is 4.59. The van der Waals surface area contributed by atoms with Gasteiger partial charge >= 0.3 is 0 Å². The molecule has 7 heteroatoms. The van der Waals surface area contributed by atoms with E-state index in [1.54, 1.807) is 0 Å². The first-order chi connectivity index (χ1) is 19.6. The molecule has 3 N–H and O–H groups in total. The molecule has 0 bridgehead atoms. The van der Waals surface area contributed by atoms with Crippen molar-refractivity contribution < 1.29 is 0 Å². The Labute approximate surface area is 244 Å². The maximum Gasteiger partial charge on any atom is 0.0543 e. The van der Waals surface area contributed by atoms with E-state index in [0.717, 1.165) is 75.2 Å². The Bertz CT molecular complexity index is 1240. The number of nitrogens with zero attached hydrogens (tertiary/aromatic N) is 3. The average Bonchev–Trinajstić information content (AvgIpc) is 2.98. The minimum atomic E-state index is 0.340. The van der Waals surface area contributed by atoms with Crippen LogP contribution >= 0.6 is 11.6 Å². The minimum Gasteiger partial charge on any atom is -0.312 e. The van der Waals surface area contributed by atoms with Crippen LogP contribution in [0.1, 0.15) is 35.0 Å². The lowest BCUT2D eigenvalue weighted by molar-refractivity contribution is 0.236. The van der Waals surface area contributed by atoms with E-state index in [1.165, 1.54) is 16.7 Å². The fraction of sp³-hybridized carbons (Fsp3) is 0.333. The van der Waals surface area contributed by atoms with Gasteiger partial charge in [-0.15, -0.1) is 0 Å². The van der Waals surface area contributed by atoms with E-state index >= 15 is 0 Å². The van der Waals surface area contributed by atoms with Crippen LogP contribution in [0, 0.1) is 0 Å². The van der Waals surface area contributed by atoms with Gasteiger partial charge < -0.3 is 16.0 Å². The van der Waals surface area contributed by atoms with Gasteiger partial charge in [-0.1, -0.05) is 60.1 Å². The van der Waals surface area contributed by atoms with Crippen LogP contribution in [-0.2, 0) is 32.6 Å². The molecule has 2 heterocycles. The van der Waals surface area contributed by atoms with Gasteiger partial charge in [-0.2, -0.15) is 0 Å². The van der Waals surface area contributed by atoms with Crippen molar-refractivity contribution in [3.05, 3.63) is 130 Å². The van der Waals surface area contributed by atoms with Crippen LogP contribution in [0.5, 0.6) is 0 Å². The monoisotopic (exact) mass is 556 g/mol. The van der Waals surface area contributed by atoms with Crippen molar-refractivity contribution in [3.8, 4) is 0 Å². The number of benzene rings is 2. The van der Waals surface area contributed by atoms with E-state index in [1.807, 2.05) is 48.8 Å². The number of halogens is 1. The molecule has 4 aromatic rings.